The van der Waals surface area contributed by atoms with E-state index in [0.717, 1.165) is 36.2 Å². The third-order valence-corrected chi connectivity index (χ3v) is 4.62. The molecule has 0 amide bonds. The zero-order valence-electron chi connectivity index (χ0n) is 11.3. The molecule has 1 fully saturated rings. The Labute approximate surface area is 117 Å². The molecule has 1 saturated heterocycles. The van der Waals surface area contributed by atoms with Gasteiger partial charge in [0, 0.05) is 13.1 Å². The van der Waals surface area contributed by atoms with Crippen molar-refractivity contribution in [2.24, 2.45) is 5.92 Å². The van der Waals surface area contributed by atoms with Crippen molar-refractivity contribution in [3.8, 4) is 0 Å². The number of anilines is 1. The zero-order valence-corrected chi connectivity index (χ0v) is 12.1. The predicted octanol–water partition coefficient (Wildman–Crippen LogP) is 2.52. The van der Waals surface area contributed by atoms with Gasteiger partial charge in [0.15, 0.2) is 0 Å². The lowest BCUT2D eigenvalue weighted by atomic mass is 9.99. The number of hydrogen-bond donors (Lipinski definition) is 1. The lowest BCUT2D eigenvalue weighted by Gasteiger charge is -2.30. The molecule has 102 valence electrons. The summed E-state index contributed by atoms with van der Waals surface area (Å²) in [4.78, 5) is 12.3. The molecule has 3 rings (SSSR count). The monoisotopic (exact) mass is 276 g/mol. The third-order valence-electron chi connectivity index (χ3n) is 3.80. The van der Waals surface area contributed by atoms with E-state index in [-0.39, 0.29) is 0 Å². The van der Waals surface area contributed by atoms with Crippen molar-refractivity contribution in [1.29, 1.82) is 0 Å². The van der Waals surface area contributed by atoms with Crippen LogP contribution < -0.4 is 10.2 Å². The van der Waals surface area contributed by atoms with Crippen LogP contribution in [0.4, 0.5) is 5.82 Å². The number of piperidine rings is 1. The molecule has 1 aliphatic rings. The Balaban J connectivity index is 1.82. The number of nitrogens with zero attached hydrogens (tertiary/aromatic N) is 3. The predicted molar refractivity (Wildman–Crippen MR) is 80.9 cm³/mol. The maximum atomic E-state index is 4.52. The van der Waals surface area contributed by atoms with Gasteiger partial charge in [0.1, 0.15) is 17.0 Å². The van der Waals surface area contributed by atoms with Crippen LogP contribution in [0.2, 0.25) is 0 Å². The number of hydrogen-bond acceptors (Lipinski definition) is 5. The molecular weight excluding hydrogens is 256 g/mol. The average Bonchev–Trinajstić information content (AvgIpc) is 2.94. The third kappa shape index (κ3) is 2.72. The Morgan fingerprint density at radius 1 is 1.47 bits per heavy atom. The minimum absolute atomic E-state index is 0.734. The first-order valence-corrected chi connectivity index (χ1v) is 7.90. The van der Waals surface area contributed by atoms with Gasteiger partial charge >= 0.3 is 0 Å². The van der Waals surface area contributed by atoms with Crippen molar-refractivity contribution in [3.63, 3.8) is 0 Å². The van der Waals surface area contributed by atoms with Crippen molar-refractivity contribution in [2.45, 2.75) is 19.8 Å². The minimum atomic E-state index is 0.734. The smallest absolute Gasteiger partial charge is 0.140 e. The van der Waals surface area contributed by atoms with Crippen LogP contribution in [0, 0.1) is 5.92 Å². The number of aromatic nitrogens is 2. The molecule has 1 N–H and O–H groups in total. The first-order chi connectivity index (χ1) is 9.38. The Kier molecular flexibility index (Phi) is 3.94. The summed E-state index contributed by atoms with van der Waals surface area (Å²) in [5.41, 5.74) is 0. The highest BCUT2D eigenvalue weighted by Crippen LogP contribution is 2.27. The quantitative estimate of drug-likeness (QED) is 0.931. The van der Waals surface area contributed by atoms with Crippen molar-refractivity contribution in [3.05, 3.63) is 17.8 Å². The highest BCUT2D eigenvalue weighted by Gasteiger charge is 2.18. The van der Waals surface area contributed by atoms with Gasteiger partial charge in [0.25, 0.3) is 0 Å². The molecule has 1 atom stereocenters. The summed E-state index contributed by atoms with van der Waals surface area (Å²) in [6.45, 7) is 6.60. The van der Waals surface area contributed by atoms with E-state index in [4.69, 9.17) is 0 Å². The van der Waals surface area contributed by atoms with Crippen LogP contribution in [0.5, 0.6) is 0 Å². The maximum Gasteiger partial charge on any atom is 0.140 e. The van der Waals surface area contributed by atoms with Gasteiger partial charge in [-0.25, -0.2) is 9.97 Å². The van der Waals surface area contributed by atoms with Gasteiger partial charge in [0.2, 0.25) is 0 Å². The van der Waals surface area contributed by atoms with E-state index in [9.17, 15) is 0 Å². The van der Waals surface area contributed by atoms with E-state index in [0.29, 0.717) is 0 Å². The number of thiophene rings is 1. The van der Waals surface area contributed by atoms with Gasteiger partial charge < -0.3 is 10.2 Å². The van der Waals surface area contributed by atoms with Gasteiger partial charge in [-0.2, -0.15) is 0 Å². The summed E-state index contributed by atoms with van der Waals surface area (Å²) in [6.07, 6.45) is 4.30. The number of rotatable bonds is 4. The Morgan fingerprint density at radius 2 is 2.42 bits per heavy atom. The highest BCUT2D eigenvalue weighted by molar-refractivity contribution is 7.16. The first kappa shape index (κ1) is 12.8. The first-order valence-electron chi connectivity index (χ1n) is 7.02. The summed E-state index contributed by atoms with van der Waals surface area (Å²) in [5.74, 6) is 1.83. The van der Waals surface area contributed by atoms with Crippen molar-refractivity contribution >= 4 is 27.4 Å². The molecule has 5 heteroatoms. The highest BCUT2D eigenvalue weighted by atomic mass is 32.1. The molecule has 0 spiro atoms. The van der Waals surface area contributed by atoms with Gasteiger partial charge in [0.05, 0.1) is 5.39 Å². The summed E-state index contributed by atoms with van der Waals surface area (Å²) in [5, 5.41) is 6.78. The fraction of sp³-hybridized carbons (Fsp3) is 0.571. The Morgan fingerprint density at radius 3 is 3.21 bits per heavy atom. The van der Waals surface area contributed by atoms with Crippen LogP contribution >= 0.6 is 11.3 Å². The lowest BCUT2D eigenvalue weighted by molar-refractivity contribution is 0.377. The molecule has 0 aromatic carbocycles. The van der Waals surface area contributed by atoms with Crippen molar-refractivity contribution in [2.75, 3.05) is 31.1 Å². The van der Waals surface area contributed by atoms with Crippen LogP contribution in [0.15, 0.2) is 17.8 Å². The van der Waals surface area contributed by atoms with E-state index < -0.39 is 0 Å². The fourth-order valence-electron chi connectivity index (χ4n) is 2.79. The van der Waals surface area contributed by atoms with Crippen LogP contribution in [0.3, 0.4) is 0 Å². The normalized spacial score (nSPS) is 19.7. The van der Waals surface area contributed by atoms with Crippen LogP contribution in [-0.2, 0) is 0 Å². The van der Waals surface area contributed by atoms with E-state index in [1.54, 1.807) is 17.7 Å². The van der Waals surface area contributed by atoms with Crippen molar-refractivity contribution < 1.29 is 0 Å². The molecule has 2 aromatic rings. The number of nitrogens with one attached hydrogen (secondary N) is 1. The maximum absolute atomic E-state index is 4.52. The Bertz CT molecular complexity index is 533. The average molecular weight is 276 g/mol. The van der Waals surface area contributed by atoms with E-state index in [1.165, 1.54) is 24.8 Å². The van der Waals surface area contributed by atoms with Gasteiger partial charge in [-0.3, -0.25) is 0 Å². The SMILES string of the molecule is CCN(CC1CCCNC1)c1ncnc2sccc12. The van der Waals surface area contributed by atoms with Gasteiger partial charge in [-0.05, 0) is 50.2 Å². The van der Waals surface area contributed by atoms with E-state index >= 15 is 0 Å². The zero-order chi connectivity index (χ0) is 13.1. The Hall–Kier alpha value is -1.20. The van der Waals surface area contributed by atoms with E-state index in [1.807, 2.05) is 0 Å². The van der Waals surface area contributed by atoms with Gasteiger partial charge in [-0.1, -0.05) is 0 Å². The molecule has 1 unspecified atom stereocenters. The topological polar surface area (TPSA) is 41.0 Å². The van der Waals surface area contributed by atoms with Crippen LogP contribution in [-0.4, -0.2) is 36.1 Å². The second kappa shape index (κ2) is 5.84. The molecule has 0 bridgehead atoms. The molecule has 0 saturated carbocycles. The van der Waals surface area contributed by atoms with Crippen molar-refractivity contribution in [1.82, 2.24) is 15.3 Å². The molecular formula is C14H20N4S. The molecule has 0 radical (unpaired) electrons. The summed E-state index contributed by atoms with van der Waals surface area (Å²) < 4.78 is 0. The minimum Gasteiger partial charge on any atom is -0.356 e. The summed E-state index contributed by atoms with van der Waals surface area (Å²) >= 11 is 1.69. The molecule has 1 aliphatic heterocycles. The van der Waals surface area contributed by atoms with Gasteiger partial charge in [-0.15, -0.1) is 11.3 Å². The molecule has 19 heavy (non-hydrogen) atoms. The second-order valence-electron chi connectivity index (χ2n) is 5.09. The second-order valence-corrected chi connectivity index (χ2v) is 5.98. The van der Waals surface area contributed by atoms with Crippen LogP contribution in [0.25, 0.3) is 10.2 Å². The number of fused-ring (bicyclic) bond motifs is 1. The summed E-state index contributed by atoms with van der Waals surface area (Å²) in [7, 11) is 0. The molecule has 4 nitrogen and oxygen atoms in total. The molecule has 0 aliphatic carbocycles. The van der Waals surface area contributed by atoms with E-state index in [2.05, 4.69) is 38.6 Å². The summed E-state index contributed by atoms with van der Waals surface area (Å²) in [6, 6.07) is 2.14. The largest absolute Gasteiger partial charge is 0.356 e. The molecule has 3 heterocycles. The van der Waals surface area contributed by atoms with Crippen LogP contribution in [0.1, 0.15) is 19.8 Å². The fourth-order valence-corrected chi connectivity index (χ4v) is 3.51. The standard InChI is InChI=1S/C14H20N4S/c1-2-18(9-11-4-3-6-15-8-11)13-12-5-7-19-14(12)17-10-16-13/h5,7,10-11,15H,2-4,6,8-9H2,1H3. The lowest BCUT2D eigenvalue weighted by Crippen LogP contribution is -2.38. The molecule has 2 aromatic heterocycles.